The van der Waals surface area contributed by atoms with E-state index in [1.807, 2.05) is 36.7 Å². The number of fused-ring (bicyclic) bond motifs is 3. The fraction of sp³-hybridized carbons (Fsp3) is 0.143. The molecule has 2 aromatic carbocycles. The predicted octanol–water partition coefficient (Wildman–Crippen LogP) is 5.25. The molecule has 3 heteroatoms. The van der Waals surface area contributed by atoms with Gasteiger partial charge in [0.2, 0.25) is 5.69 Å². The molecule has 0 saturated heterocycles. The molecule has 0 unspecified atom stereocenters. The van der Waals surface area contributed by atoms with Crippen LogP contribution in [0.1, 0.15) is 15.2 Å². The number of pyridine rings is 1. The lowest BCUT2D eigenvalue weighted by molar-refractivity contribution is -0.660. The van der Waals surface area contributed by atoms with Gasteiger partial charge in [-0.2, -0.15) is 0 Å². The maximum Gasteiger partial charge on any atom is 0.212 e. The zero-order valence-corrected chi connectivity index (χ0v) is 13.4. The smallest absolute Gasteiger partial charge is 0.212 e. The second kappa shape index (κ2) is 5.21. The van der Waals surface area contributed by atoms with Crippen LogP contribution in [0.5, 0.6) is 0 Å². The SMILES string of the molecule is [2H]C([2H])([2H])c1ccc(-c2cc3c(cc2C)oc2cc([N+]#[C-])ccc23)[n+](C)c1. The number of benzene rings is 2. The van der Waals surface area contributed by atoms with Crippen molar-refractivity contribution in [3.8, 4) is 11.3 Å². The number of aryl methyl sites for hydroxylation is 3. The van der Waals surface area contributed by atoms with E-state index in [1.165, 1.54) is 0 Å². The van der Waals surface area contributed by atoms with E-state index in [-0.39, 0.29) is 0 Å². The van der Waals surface area contributed by atoms with Crippen molar-refractivity contribution in [1.29, 1.82) is 0 Å². The van der Waals surface area contributed by atoms with Crippen molar-refractivity contribution < 1.29 is 13.1 Å². The van der Waals surface area contributed by atoms with Crippen LogP contribution in [0.2, 0.25) is 0 Å². The number of aromatic nitrogens is 1. The lowest BCUT2D eigenvalue weighted by Gasteiger charge is -2.05. The molecule has 0 atom stereocenters. The van der Waals surface area contributed by atoms with Gasteiger partial charge >= 0.3 is 0 Å². The molecule has 116 valence electrons. The highest BCUT2D eigenvalue weighted by Gasteiger charge is 2.16. The van der Waals surface area contributed by atoms with Crippen LogP contribution in [0.3, 0.4) is 0 Å². The molecule has 0 radical (unpaired) electrons. The standard InChI is InChI=1S/C21H17N2O/c1-13-5-8-19(23(4)12-13)17-11-18-16-7-6-15(22-3)10-21(16)24-20(18)9-14(17)2/h5-12H,1-2,4H3/q+1/i1D3. The summed E-state index contributed by atoms with van der Waals surface area (Å²) >= 11 is 0. The molecule has 0 N–H and O–H groups in total. The van der Waals surface area contributed by atoms with Crippen molar-refractivity contribution >= 4 is 27.6 Å². The van der Waals surface area contributed by atoms with Gasteiger partial charge in [-0.15, -0.1) is 0 Å². The largest absolute Gasteiger partial charge is 0.457 e. The van der Waals surface area contributed by atoms with Crippen molar-refractivity contribution in [2.75, 3.05) is 0 Å². The third kappa shape index (κ3) is 2.16. The van der Waals surface area contributed by atoms with Gasteiger partial charge in [-0.3, -0.25) is 0 Å². The first-order valence-electron chi connectivity index (χ1n) is 9.13. The summed E-state index contributed by atoms with van der Waals surface area (Å²) in [6.07, 6.45) is 1.65. The van der Waals surface area contributed by atoms with E-state index in [0.717, 1.165) is 33.2 Å². The molecule has 2 heterocycles. The van der Waals surface area contributed by atoms with E-state index >= 15 is 0 Å². The summed E-state index contributed by atoms with van der Waals surface area (Å²) in [5.74, 6) is 0. The Bertz CT molecular complexity index is 1250. The average Bonchev–Trinajstić information content (AvgIpc) is 2.96. The molecule has 3 nitrogen and oxygen atoms in total. The fourth-order valence-electron chi connectivity index (χ4n) is 3.15. The number of nitrogens with zero attached hydrogens (tertiary/aromatic N) is 2. The summed E-state index contributed by atoms with van der Waals surface area (Å²) in [7, 11) is 1.85. The molecule has 0 amide bonds. The number of furan rings is 1. The van der Waals surface area contributed by atoms with Gasteiger partial charge in [0, 0.05) is 32.1 Å². The molecule has 0 aliphatic heterocycles. The molecule has 2 aromatic heterocycles. The van der Waals surface area contributed by atoms with E-state index in [0.29, 0.717) is 16.8 Å². The average molecular weight is 316 g/mol. The Balaban J connectivity index is 1.93. The zero-order chi connectivity index (χ0) is 19.3. The number of hydrogen-bond donors (Lipinski definition) is 0. The lowest BCUT2D eigenvalue weighted by Crippen LogP contribution is -2.31. The van der Waals surface area contributed by atoms with Crippen LogP contribution in [0.15, 0.2) is 53.1 Å². The Morgan fingerprint density at radius 3 is 2.67 bits per heavy atom. The highest BCUT2D eigenvalue weighted by atomic mass is 16.3. The van der Waals surface area contributed by atoms with Crippen LogP contribution in [0.4, 0.5) is 5.69 Å². The van der Waals surface area contributed by atoms with Gasteiger partial charge in [0.1, 0.15) is 18.2 Å². The van der Waals surface area contributed by atoms with E-state index < -0.39 is 6.85 Å². The van der Waals surface area contributed by atoms with Crippen molar-refractivity contribution in [3.05, 3.63) is 71.2 Å². The van der Waals surface area contributed by atoms with Crippen LogP contribution in [0.25, 0.3) is 38.0 Å². The predicted molar refractivity (Wildman–Crippen MR) is 96.1 cm³/mol. The second-order valence-corrected chi connectivity index (χ2v) is 5.97. The molecular formula is C21H17N2O+. The Morgan fingerprint density at radius 1 is 1.08 bits per heavy atom. The number of hydrogen-bond acceptors (Lipinski definition) is 1. The third-order valence-corrected chi connectivity index (χ3v) is 4.34. The lowest BCUT2D eigenvalue weighted by atomic mass is 10.0. The Hall–Kier alpha value is -3.12. The summed E-state index contributed by atoms with van der Waals surface area (Å²) in [6.45, 7) is 7.04. The molecule has 24 heavy (non-hydrogen) atoms. The summed E-state index contributed by atoms with van der Waals surface area (Å²) < 4.78 is 30.5. The van der Waals surface area contributed by atoms with E-state index in [9.17, 15) is 0 Å². The molecule has 0 aliphatic rings. The van der Waals surface area contributed by atoms with Crippen LogP contribution in [-0.4, -0.2) is 0 Å². The molecular weight excluding hydrogens is 296 g/mol. The van der Waals surface area contributed by atoms with Crippen LogP contribution < -0.4 is 4.57 Å². The van der Waals surface area contributed by atoms with Gasteiger partial charge in [0.15, 0.2) is 11.9 Å². The van der Waals surface area contributed by atoms with Crippen LogP contribution in [-0.2, 0) is 7.05 Å². The Morgan fingerprint density at radius 2 is 1.92 bits per heavy atom. The van der Waals surface area contributed by atoms with Gasteiger partial charge in [0.05, 0.1) is 6.57 Å². The topological polar surface area (TPSA) is 21.4 Å². The molecule has 0 bridgehead atoms. The van der Waals surface area contributed by atoms with Gasteiger partial charge in [-0.25, -0.2) is 9.41 Å². The normalized spacial score (nSPS) is 13.5. The highest BCUT2D eigenvalue weighted by molar-refractivity contribution is 6.07. The van der Waals surface area contributed by atoms with E-state index in [4.69, 9.17) is 15.1 Å². The maximum atomic E-state index is 7.58. The first kappa shape index (κ1) is 11.4. The summed E-state index contributed by atoms with van der Waals surface area (Å²) in [5, 5.41) is 1.93. The number of rotatable bonds is 1. The van der Waals surface area contributed by atoms with Crippen LogP contribution in [0, 0.1) is 20.3 Å². The minimum Gasteiger partial charge on any atom is -0.457 e. The molecule has 4 aromatic rings. The van der Waals surface area contributed by atoms with Crippen molar-refractivity contribution in [1.82, 2.24) is 0 Å². The van der Waals surface area contributed by atoms with Gasteiger partial charge < -0.3 is 4.42 Å². The monoisotopic (exact) mass is 316 g/mol. The summed E-state index contributed by atoms with van der Waals surface area (Å²) in [6, 6.07) is 13.0. The third-order valence-electron chi connectivity index (χ3n) is 4.34. The van der Waals surface area contributed by atoms with Gasteiger partial charge in [-0.05, 0) is 43.6 Å². The first-order chi connectivity index (χ1) is 12.8. The molecule has 4 rings (SSSR count). The highest BCUT2D eigenvalue weighted by Crippen LogP contribution is 2.35. The van der Waals surface area contributed by atoms with Crippen molar-refractivity contribution in [2.45, 2.75) is 13.8 Å². The molecule has 0 saturated carbocycles. The molecule has 0 spiro atoms. The summed E-state index contributed by atoms with van der Waals surface area (Å²) in [5.41, 5.74) is 5.29. The Kier molecular flexibility index (Phi) is 2.48. The molecule has 0 aliphatic carbocycles. The van der Waals surface area contributed by atoms with Crippen molar-refractivity contribution in [2.24, 2.45) is 7.05 Å². The van der Waals surface area contributed by atoms with E-state index in [2.05, 4.69) is 10.9 Å². The van der Waals surface area contributed by atoms with Gasteiger partial charge in [-0.1, -0.05) is 12.1 Å². The summed E-state index contributed by atoms with van der Waals surface area (Å²) in [4.78, 5) is 3.45. The zero-order valence-electron chi connectivity index (χ0n) is 16.4. The fourth-order valence-corrected chi connectivity index (χ4v) is 3.15. The minimum absolute atomic E-state index is 0.313. The van der Waals surface area contributed by atoms with Gasteiger partial charge in [0.25, 0.3) is 0 Å². The minimum atomic E-state index is -2.13. The molecule has 0 fully saturated rings. The second-order valence-electron chi connectivity index (χ2n) is 5.97. The Labute approximate surface area is 144 Å². The van der Waals surface area contributed by atoms with Crippen molar-refractivity contribution in [3.63, 3.8) is 0 Å². The van der Waals surface area contributed by atoms with Crippen LogP contribution >= 0.6 is 0 Å². The maximum absolute atomic E-state index is 7.58. The quantitative estimate of drug-likeness (QED) is 0.347. The van der Waals surface area contributed by atoms with E-state index in [1.54, 1.807) is 24.4 Å². The first-order valence-corrected chi connectivity index (χ1v) is 7.63.